The molecule has 4 nitrogen and oxygen atoms in total. The van der Waals surface area contributed by atoms with E-state index in [0.29, 0.717) is 6.42 Å². The Labute approximate surface area is 77.8 Å². The number of hydrogen-bond acceptors (Lipinski definition) is 3. The molecule has 0 amide bonds. The molecule has 0 aliphatic rings. The summed E-state index contributed by atoms with van der Waals surface area (Å²) in [6.45, 7) is 0. The quantitative estimate of drug-likeness (QED) is 0.446. The molecule has 0 spiro atoms. The number of hydrazine groups is 1. The molecule has 0 saturated carbocycles. The summed E-state index contributed by atoms with van der Waals surface area (Å²) in [5.74, 6) is 0.910. The van der Waals surface area contributed by atoms with Crippen LogP contribution in [0.4, 0.5) is 0 Å². The van der Waals surface area contributed by atoms with Crippen molar-refractivity contribution in [3.8, 4) is 0 Å². The van der Waals surface area contributed by atoms with E-state index in [0.717, 1.165) is 5.56 Å². The van der Waals surface area contributed by atoms with E-state index in [-0.39, 0.29) is 0 Å². The predicted octanol–water partition coefficient (Wildman–Crippen LogP) is 0.146. The van der Waals surface area contributed by atoms with Crippen molar-refractivity contribution in [3.05, 3.63) is 35.9 Å². The van der Waals surface area contributed by atoms with E-state index in [1.54, 1.807) is 0 Å². The second-order valence-electron chi connectivity index (χ2n) is 2.72. The van der Waals surface area contributed by atoms with Crippen molar-refractivity contribution in [2.75, 3.05) is 0 Å². The van der Waals surface area contributed by atoms with E-state index in [2.05, 4.69) is 5.43 Å². The van der Waals surface area contributed by atoms with Crippen LogP contribution >= 0.6 is 0 Å². The Bertz CT molecular complexity index is 292. The van der Waals surface area contributed by atoms with Crippen LogP contribution in [0.3, 0.4) is 0 Å². The standard InChI is InChI=1S/C9H12N2O2/c10-11-8(9(12)13)6-7-4-2-1-3-5-7/h1-5,8,11H,6,10H2,(H,12,13)/t8-/m0/s1/i/hD. The average molecular weight is 181 g/mol. The van der Waals surface area contributed by atoms with E-state index in [4.69, 9.17) is 6.52 Å². The maximum Gasteiger partial charge on any atom is 0.322 e. The monoisotopic (exact) mass is 181 g/mol. The largest absolute Gasteiger partial charge is 0.480 e. The molecular formula is C9H12N2O2. The van der Waals surface area contributed by atoms with Gasteiger partial charge in [0.25, 0.3) is 0 Å². The highest BCUT2D eigenvalue weighted by molar-refractivity contribution is 5.73. The van der Waals surface area contributed by atoms with Gasteiger partial charge in [0.2, 0.25) is 0 Å². The molecule has 0 radical (unpaired) electrons. The van der Waals surface area contributed by atoms with Crippen LogP contribution in [0, 0.1) is 0 Å². The first-order valence-corrected chi connectivity index (χ1v) is 3.93. The van der Waals surface area contributed by atoms with Crippen molar-refractivity contribution in [1.29, 1.82) is 0 Å². The van der Waals surface area contributed by atoms with Gasteiger partial charge in [-0.15, -0.1) is 0 Å². The topological polar surface area (TPSA) is 75.3 Å². The molecule has 4 heteroatoms. The van der Waals surface area contributed by atoms with E-state index in [1.807, 2.05) is 36.2 Å². The normalized spacial score (nSPS) is 13.4. The van der Waals surface area contributed by atoms with E-state index >= 15 is 0 Å². The SMILES string of the molecule is [2H]NN[C@@H](Cc1ccccc1)C(=O)O. The summed E-state index contributed by atoms with van der Waals surface area (Å²) in [7, 11) is 0. The van der Waals surface area contributed by atoms with Crippen molar-refractivity contribution in [1.82, 2.24) is 5.43 Å². The minimum absolute atomic E-state index is 0.349. The first-order valence-electron chi connectivity index (χ1n) is 4.43. The number of hydrogen-bond donors (Lipinski definition) is 3. The van der Waals surface area contributed by atoms with Gasteiger partial charge in [0.1, 0.15) is 7.45 Å². The molecule has 1 rings (SSSR count). The molecule has 0 bridgehead atoms. The average Bonchev–Trinajstić information content (AvgIpc) is 2.18. The van der Waals surface area contributed by atoms with Gasteiger partial charge in [0.05, 0.1) is 0 Å². The number of nitrogens with one attached hydrogen (secondary N) is 1. The fourth-order valence-corrected chi connectivity index (χ4v) is 1.05. The third kappa shape index (κ3) is 2.85. The number of benzene rings is 1. The predicted molar refractivity (Wildman–Crippen MR) is 48.9 cm³/mol. The summed E-state index contributed by atoms with van der Waals surface area (Å²) in [4.78, 5) is 10.7. The molecule has 1 aromatic carbocycles. The summed E-state index contributed by atoms with van der Waals surface area (Å²) >= 11 is 0. The van der Waals surface area contributed by atoms with Gasteiger partial charge in [-0.3, -0.25) is 10.6 Å². The first kappa shape index (κ1) is 8.22. The number of nitrogens with two attached hydrogens (primary N) is 1. The Morgan fingerprint density at radius 1 is 1.62 bits per heavy atom. The molecular weight excluding hydrogens is 168 g/mol. The molecule has 0 aliphatic heterocycles. The number of rotatable bonds is 5. The van der Waals surface area contributed by atoms with Gasteiger partial charge < -0.3 is 5.11 Å². The lowest BCUT2D eigenvalue weighted by Crippen LogP contribution is -2.42. The van der Waals surface area contributed by atoms with Crippen LogP contribution < -0.4 is 11.3 Å². The molecule has 0 aromatic heterocycles. The van der Waals surface area contributed by atoms with Crippen LogP contribution in [-0.4, -0.2) is 17.1 Å². The van der Waals surface area contributed by atoms with Crippen molar-refractivity contribution in [2.24, 2.45) is 5.84 Å². The maximum absolute atomic E-state index is 10.7. The summed E-state index contributed by atoms with van der Waals surface area (Å²) in [6, 6.07) is 8.48. The fourth-order valence-electron chi connectivity index (χ4n) is 1.05. The van der Waals surface area contributed by atoms with Crippen LogP contribution in [0.1, 0.15) is 5.56 Å². The molecule has 0 fully saturated rings. The van der Waals surface area contributed by atoms with Gasteiger partial charge in [-0.2, -0.15) is 0 Å². The van der Waals surface area contributed by atoms with Gasteiger partial charge in [-0.1, -0.05) is 30.3 Å². The number of carboxylic acids is 1. The molecule has 13 heavy (non-hydrogen) atoms. The third-order valence-corrected chi connectivity index (χ3v) is 1.75. The Hall–Kier alpha value is -1.39. The van der Waals surface area contributed by atoms with Gasteiger partial charge in [0, 0.05) is 0 Å². The second kappa shape index (κ2) is 4.59. The van der Waals surface area contributed by atoms with Crippen LogP contribution in [0.2, 0.25) is 1.41 Å². The second-order valence-corrected chi connectivity index (χ2v) is 2.72. The number of aliphatic carboxylic acids is 1. The van der Waals surface area contributed by atoms with Crippen LogP contribution in [0.5, 0.6) is 0 Å². The lowest BCUT2D eigenvalue weighted by molar-refractivity contribution is -0.139. The summed E-state index contributed by atoms with van der Waals surface area (Å²) in [5, 5.41) is 8.78. The summed E-state index contributed by atoms with van der Waals surface area (Å²) in [5.41, 5.74) is 3.27. The van der Waals surface area contributed by atoms with E-state index in [1.165, 1.54) is 0 Å². The third-order valence-electron chi connectivity index (χ3n) is 1.75. The number of carboxylic acid groups (broad SMARTS) is 1. The van der Waals surface area contributed by atoms with Crippen molar-refractivity contribution in [2.45, 2.75) is 12.5 Å². The minimum atomic E-state index is -0.978. The highest BCUT2D eigenvalue weighted by Gasteiger charge is 2.14. The lowest BCUT2D eigenvalue weighted by atomic mass is 10.1. The first-order chi connectivity index (χ1) is 6.74. The maximum atomic E-state index is 10.7. The Balaban J connectivity index is 2.60. The fraction of sp³-hybridized carbons (Fsp3) is 0.222. The highest BCUT2D eigenvalue weighted by atomic mass is 16.4. The molecule has 0 saturated heterocycles. The molecule has 4 N–H and O–H groups in total. The van der Waals surface area contributed by atoms with E-state index < -0.39 is 12.0 Å². The van der Waals surface area contributed by atoms with Crippen molar-refractivity contribution in [3.63, 3.8) is 0 Å². The zero-order valence-corrected chi connectivity index (χ0v) is 7.03. The highest BCUT2D eigenvalue weighted by Crippen LogP contribution is 2.02. The smallest absolute Gasteiger partial charge is 0.322 e. The van der Waals surface area contributed by atoms with Crippen LogP contribution in [-0.2, 0) is 11.2 Å². The van der Waals surface area contributed by atoms with Crippen molar-refractivity contribution >= 4 is 5.97 Å². The minimum Gasteiger partial charge on any atom is -0.480 e. The van der Waals surface area contributed by atoms with Gasteiger partial charge >= 0.3 is 5.97 Å². The molecule has 0 aliphatic carbocycles. The van der Waals surface area contributed by atoms with Gasteiger partial charge in [-0.25, -0.2) is 5.43 Å². The van der Waals surface area contributed by atoms with Crippen LogP contribution in [0.15, 0.2) is 30.3 Å². The Kier molecular flexibility index (Phi) is 2.90. The Morgan fingerprint density at radius 3 is 2.85 bits per heavy atom. The number of carbonyl (C=O) groups is 1. The zero-order chi connectivity index (χ0) is 10.4. The summed E-state index contributed by atoms with van der Waals surface area (Å²) < 4.78 is 6.67. The molecule has 0 unspecified atom stereocenters. The zero-order valence-electron chi connectivity index (χ0n) is 8.03. The van der Waals surface area contributed by atoms with Crippen LogP contribution in [0.25, 0.3) is 0 Å². The van der Waals surface area contributed by atoms with Gasteiger partial charge in [0.15, 0.2) is 0 Å². The molecule has 1 aromatic rings. The van der Waals surface area contributed by atoms with E-state index in [9.17, 15) is 4.79 Å². The molecule has 70 valence electrons. The summed E-state index contributed by atoms with van der Waals surface area (Å²) in [6.07, 6.45) is 0.349. The van der Waals surface area contributed by atoms with Gasteiger partial charge in [-0.05, 0) is 12.0 Å². The lowest BCUT2D eigenvalue weighted by Gasteiger charge is -2.09. The molecule has 0 heterocycles. The Morgan fingerprint density at radius 2 is 2.31 bits per heavy atom. The molecule has 1 atom stereocenters. The van der Waals surface area contributed by atoms with Crippen molar-refractivity contribution < 1.29 is 11.3 Å².